The second-order valence-electron chi connectivity index (χ2n) is 4.07. The first-order valence-electron chi connectivity index (χ1n) is 5.59. The van der Waals surface area contributed by atoms with Crippen molar-refractivity contribution in [3.63, 3.8) is 0 Å². The monoisotopic (exact) mass is 259 g/mol. The summed E-state index contributed by atoms with van der Waals surface area (Å²) in [6.45, 7) is 3.77. The fourth-order valence-electron chi connectivity index (χ4n) is 1.65. The summed E-state index contributed by atoms with van der Waals surface area (Å²) in [5, 5.41) is 13.7. The minimum Gasteiger partial charge on any atom is -0.378 e. The molecule has 7 heteroatoms. The lowest BCUT2D eigenvalue weighted by Gasteiger charge is -2.09. The summed E-state index contributed by atoms with van der Waals surface area (Å²) in [5.41, 5.74) is 7.84. The molecule has 0 aromatic carbocycles. The maximum Gasteiger partial charge on any atom is 0.311 e. The van der Waals surface area contributed by atoms with Crippen LogP contribution in [0.15, 0.2) is 24.3 Å². The number of nitrogens with zero attached hydrogens (tertiary/aromatic N) is 3. The molecule has 0 aliphatic carbocycles. The second kappa shape index (κ2) is 4.89. The molecule has 2 heterocycles. The number of nitrogens with two attached hydrogens (primary N) is 1. The first-order chi connectivity index (χ1) is 8.97. The zero-order valence-electron chi connectivity index (χ0n) is 10.5. The van der Waals surface area contributed by atoms with E-state index < -0.39 is 4.92 Å². The van der Waals surface area contributed by atoms with Gasteiger partial charge < -0.3 is 11.1 Å². The van der Waals surface area contributed by atoms with E-state index in [1.807, 2.05) is 26.0 Å². The van der Waals surface area contributed by atoms with Crippen LogP contribution in [-0.2, 0) is 0 Å². The van der Waals surface area contributed by atoms with Gasteiger partial charge in [-0.3, -0.25) is 15.1 Å². The molecule has 7 nitrogen and oxygen atoms in total. The van der Waals surface area contributed by atoms with E-state index in [-0.39, 0.29) is 11.5 Å². The molecule has 2 aromatic heterocycles. The van der Waals surface area contributed by atoms with Gasteiger partial charge in [0.25, 0.3) is 0 Å². The van der Waals surface area contributed by atoms with E-state index in [0.717, 1.165) is 17.1 Å². The van der Waals surface area contributed by atoms with Crippen LogP contribution < -0.4 is 11.1 Å². The molecule has 0 aliphatic heterocycles. The van der Waals surface area contributed by atoms with E-state index in [1.54, 1.807) is 0 Å². The number of pyridine rings is 2. The third-order valence-corrected chi connectivity index (χ3v) is 2.59. The Hall–Kier alpha value is -2.70. The van der Waals surface area contributed by atoms with Gasteiger partial charge in [0, 0.05) is 11.8 Å². The first-order valence-corrected chi connectivity index (χ1v) is 5.59. The molecule has 3 N–H and O–H groups in total. The van der Waals surface area contributed by atoms with Gasteiger partial charge in [-0.05, 0) is 32.0 Å². The van der Waals surface area contributed by atoms with Crippen molar-refractivity contribution in [2.24, 2.45) is 0 Å². The Bertz CT molecular complexity index is 642. The van der Waals surface area contributed by atoms with E-state index in [4.69, 9.17) is 5.73 Å². The van der Waals surface area contributed by atoms with Crippen molar-refractivity contribution in [1.82, 2.24) is 9.97 Å². The largest absolute Gasteiger partial charge is 0.378 e. The minimum atomic E-state index is -0.565. The maximum atomic E-state index is 10.6. The zero-order chi connectivity index (χ0) is 14.0. The lowest BCUT2D eigenvalue weighted by atomic mass is 10.2. The third kappa shape index (κ3) is 2.76. The molecule has 0 spiro atoms. The molecular weight excluding hydrogens is 246 g/mol. The number of aromatic nitrogens is 2. The van der Waals surface area contributed by atoms with Crippen LogP contribution in [0.3, 0.4) is 0 Å². The zero-order valence-corrected chi connectivity index (χ0v) is 10.5. The summed E-state index contributed by atoms with van der Waals surface area (Å²) in [7, 11) is 0. The highest BCUT2D eigenvalue weighted by Crippen LogP contribution is 2.24. The number of aryl methyl sites for hydroxylation is 2. The molecule has 0 radical (unpaired) electrons. The standard InChI is InChI=1S/C12H13N5O2/c1-7-3-4-9(8(2)14-7)15-11-6-5-10(17(18)19)12(13)16-11/h3-6H,1-2H3,(H3,13,15,16). The van der Waals surface area contributed by atoms with E-state index >= 15 is 0 Å². The summed E-state index contributed by atoms with van der Waals surface area (Å²) >= 11 is 0. The van der Waals surface area contributed by atoms with E-state index in [0.29, 0.717) is 5.82 Å². The Morgan fingerprint density at radius 1 is 1.21 bits per heavy atom. The van der Waals surface area contributed by atoms with Gasteiger partial charge in [-0.2, -0.15) is 0 Å². The van der Waals surface area contributed by atoms with Crippen molar-refractivity contribution in [1.29, 1.82) is 0 Å². The van der Waals surface area contributed by atoms with Crippen LogP contribution >= 0.6 is 0 Å². The molecule has 0 saturated heterocycles. The Kier molecular flexibility index (Phi) is 3.28. The van der Waals surface area contributed by atoms with Gasteiger partial charge in [0.15, 0.2) is 0 Å². The minimum absolute atomic E-state index is 0.118. The van der Waals surface area contributed by atoms with Crippen LogP contribution in [0.4, 0.5) is 23.0 Å². The summed E-state index contributed by atoms with van der Waals surface area (Å²) in [6, 6.07) is 6.57. The van der Waals surface area contributed by atoms with Crippen LogP contribution in [0.1, 0.15) is 11.4 Å². The Morgan fingerprint density at radius 3 is 2.53 bits per heavy atom. The van der Waals surface area contributed by atoms with E-state index in [2.05, 4.69) is 15.3 Å². The van der Waals surface area contributed by atoms with Crippen molar-refractivity contribution in [2.45, 2.75) is 13.8 Å². The molecule has 2 rings (SSSR count). The van der Waals surface area contributed by atoms with Crippen molar-refractivity contribution >= 4 is 23.0 Å². The van der Waals surface area contributed by atoms with Gasteiger partial charge >= 0.3 is 5.69 Å². The smallest absolute Gasteiger partial charge is 0.311 e. The molecule has 0 unspecified atom stereocenters. The van der Waals surface area contributed by atoms with Crippen molar-refractivity contribution in [3.05, 3.63) is 45.8 Å². The van der Waals surface area contributed by atoms with Crippen LogP contribution in [0.25, 0.3) is 0 Å². The molecule has 0 atom stereocenters. The number of hydrogen-bond acceptors (Lipinski definition) is 6. The van der Waals surface area contributed by atoms with Gasteiger partial charge in [-0.1, -0.05) is 0 Å². The van der Waals surface area contributed by atoms with Crippen LogP contribution in [0, 0.1) is 24.0 Å². The second-order valence-corrected chi connectivity index (χ2v) is 4.07. The van der Waals surface area contributed by atoms with Gasteiger partial charge in [-0.25, -0.2) is 4.98 Å². The predicted molar refractivity (Wildman–Crippen MR) is 72.3 cm³/mol. The normalized spacial score (nSPS) is 10.2. The van der Waals surface area contributed by atoms with Gasteiger partial charge in [0.05, 0.1) is 16.3 Å². The summed E-state index contributed by atoms with van der Waals surface area (Å²) < 4.78 is 0. The quantitative estimate of drug-likeness (QED) is 0.647. The van der Waals surface area contributed by atoms with Gasteiger partial charge in [0.1, 0.15) is 5.82 Å². The van der Waals surface area contributed by atoms with Crippen LogP contribution in [0.5, 0.6) is 0 Å². The lowest BCUT2D eigenvalue weighted by Crippen LogP contribution is -2.02. The van der Waals surface area contributed by atoms with E-state index in [1.165, 1.54) is 12.1 Å². The van der Waals surface area contributed by atoms with Gasteiger partial charge in [0.2, 0.25) is 5.82 Å². The Morgan fingerprint density at radius 2 is 1.95 bits per heavy atom. The molecular formula is C12H13N5O2. The molecule has 0 fully saturated rings. The highest BCUT2D eigenvalue weighted by Gasteiger charge is 2.13. The number of nitrogen functional groups attached to an aromatic ring is 1. The molecule has 0 saturated carbocycles. The topological polar surface area (TPSA) is 107 Å². The van der Waals surface area contributed by atoms with Gasteiger partial charge in [-0.15, -0.1) is 0 Å². The number of hydrogen-bond donors (Lipinski definition) is 2. The van der Waals surface area contributed by atoms with Crippen molar-refractivity contribution in [3.8, 4) is 0 Å². The number of anilines is 3. The number of rotatable bonds is 3. The lowest BCUT2D eigenvalue weighted by molar-refractivity contribution is -0.384. The number of nitro groups is 1. The maximum absolute atomic E-state index is 10.6. The molecule has 98 valence electrons. The average molecular weight is 259 g/mol. The third-order valence-electron chi connectivity index (χ3n) is 2.59. The first kappa shape index (κ1) is 12.7. The van der Waals surface area contributed by atoms with Crippen LogP contribution in [0.2, 0.25) is 0 Å². The molecule has 19 heavy (non-hydrogen) atoms. The summed E-state index contributed by atoms with van der Waals surface area (Å²) in [5.74, 6) is 0.324. The molecule has 0 amide bonds. The molecule has 2 aromatic rings. The highest BCUT2D eigenvalue weighted by atomic mass is 16.6. The van der Waals surface area contributed by atoms with E-state index in [9.17, 15) is 10.1 Å². The predicted octanol–water partition coefficient (Wildman–Crippen LogP) is 2.33. The molecule has 0 aliphatic rings. The fourth-order valence-corrected chi connectivity index (χ4v) is 1.65. The SMILES string of the molecule is Cc1ccc(Nc2ccc([N+](=O)[O-])c(N)n2)c(C)n1. The Labute approximate surface area is 109 Å². The van der Waals surface area contributed by atoms with Crippen molar-refractivity contribution in [2.75, 3.05) is 11.1 Å². The van der Waals surface area contributed by atoms with Crippen molar-refractivity contribution < 1.29 is 4.92 Å². The van der Waals surface area contributed by atoms with Crippen LogP contribution in [-0.4, -0.2) is 14.9 Å². The highest BCUT2D eigenvalue weighted by molar-refractivity contribution is 5.63. The Balaban J connectivity index is 2.29. The average Bonchev–Trinajstić information content (AvgIpc) is 2.32. The number of nitrogens with one attached hydrogen (secondary N) is 1. The fraction of sp³-hybridized carbons (Fsp3) is 0.167. The summed E-state index contributed by atoms with van der Waals surface area (Å²) in [4.78, 5) is 18.3. The molecule has 0 bridgehead atoms. The summed E-state index contributed by atoms with van der Waals surface area (Å²) in [6.07, 6.45) is 0.